The largest absolute Gasteiger partial charge is 0.143 e. The van der Waals surface area contributed by atoms with Crippen molar-refractivity contribution in [3.05, 3.63) is 55.7 Å². The summed E-state index contributed by atoms with van der Waals surface area (Å²) < 4.78 is 1.15. The Morgan fingerprint density at radius 1 is 1.11 bits per heavy atom. The van der Waals surface area contributed by atoms with E-state index in [1.165, 1.54) is 15.3 Å². The number of benzene rings is 1. The molecule has 1 unspecified atom stereocenters. The van der Waals surface area contributed by atoms with Crippen LogP contribution in [0, 0.1) is 6.92 Å². The molecule has 3 heteroatoms. The van der Waals surface area contributed by atoms with E-state index in [1.807, 2.05) is 0 Å². The Morgan fingerprint density at radius 2 is 1.67 bits per heavy atom. The first-order valence-corrected chi connectivity index (χ1v) is 8.03. The maximum atomic E-state index is 6.54. The summed E-state index contributed by atoms with van der Waals surface area (Å²) in [6.45, 7) is 6.50. The first kappa shape index (κ1) is 14.1. The first-order valence-electron chi connectivity index (χ1n) is 5.98. The lowest BCUT2D eigenvalue weighted by Crippen LogP contribution is -1.92. The summed E-state index contributed by atoms with van der Waals surface area (Å²) in [5.74, 6) is 0.561. The second kappa shape index (κ2) is 5.77. The minimum Gasteiger partial charge on any atom is -0.143 e. The average molecular weight is 344 g/mol. The summed E-state index contributed by atoms with van der Waals surface area (Å²) in [5.41, 5.74) is 2.51. The topological polar surface area (TPSA) is 0 Å². The van der Waals surface area contributed by atoms with E-state index in [-0.39, 0.29) is 5.38 Å². The fourth-order valence-corrected chi connectivity index (χ4v) is 3.73. The Balaban J connectivity index is 2.25. The second-order valence-electron chi connectivity index (χ2n) is 4.74. The van der Waals surface area contributed by atoms with Gasteiger partial charge >= 0.3 is 0 Å². The second-order valence-corrected chi connectivity index (χ2v) is 7.32. The molecule has 0 saturated heterocycles. The molecule has 0 amide bonds. The van der Waals surface area contributed by atoms with E-state index in [1.54, 1.807) is 11.3 Å². The highest BCUT2D eigenvalue weighted by atomic mass is 79.9. The molecule has 0 fully saturated rings. The fourth-order valence-electron chi connectivity index (χ4n) is 1.82. The van der Waals surface area contributed by atoms with Gasteiger partial charge in [0, 0.05) is 14.2 Å². The van der Waals surface area contributed by atoms with Crippen LogP contribution in [0.15, 0.2) is 34.8 Å². The van der Waals surface area contributed by atoms with Gasteiger partial charge in [0.15, 0.2) is 0 Å². The third-order valence-electron chi connectivity index (χ3n) is 3.02. The number of hydrogen-bond donors (Lipinski definition) is 0. The van der Waals surface area contributed by atoms with Crippen molar-refractivity contribution in [2.24, 2.45) is 0 Å². The van der Waals surface area contributed by atoms with Crippen molar-refractivity contribution < 1.29 is 0 Å². The number of alkyl halides is 1. The Hall–Kier alpha value is -0.310. The van der Waals surface area contributed by atoms with Gasteiger partial charge in [-0.05, 0) is 46.0 Å². The number of halogens is 2. The Kier molecular flexibility index (Phi) is 4.52. The molecule has 2 aromatic rings. The Morgan fingerprint density at radius 3 is 2.11 bits per heavy atom. The van der Waals surface area contributed by atoms with Crippen LogP contribution in [-0.4, -0.2) is 0 Å². The lowest BCUT2D eigenvalue weighted by Gasteiger charge is -2.10. The molecular formula is C15H16BrClS. The highest BCUT2D eigenvalue weighted by molar-refractivity contribution is 9.10. The molecule has 0 saturated carbocycles. The van der Waals surface area contributed by atoms with E-state index < -0.39 is 0 Å². The summed E-state index contributed by atoms with van der Waals surface area (Å²) in [6, 6.07) is 10.7. The molecule has 2 rings (SSSR count). The van der Waals surface area contributed by atoms with Gasteiger partial charge in [0.25, 0.3) is 0 Å². The van der Waals surface area contributed by atoms with E-state index in [2.05, 4.69) is 67.0 Å². The van der Waals surface area contributed by atoms with Crippen LogP contribution in [0.5, 0.6) is 0 Å². The molecule has 1 atom stereocenters. The number of thiophene rings is 1. The van der Waals surface area contributed by atoms with Gasteiger partial charge in [-0.1, -0.05) is 38.1 Å². The van der Waals surface area contributed by atoms with Crippen LogP contribution in [0.3, 0.4) is 0 Å². The summed E-state index contributed by atoms with van der Waals surface area (Å²) in [7, 11) is 0. The quantitative estimate of drug-likeness (QED) is 0.576. The minimum atomic E-state index is -0.0544. The van der Waals surface area contributed by atoms with Crippen molar-refractivity contribution in [1.29, 1.82) is 0 Å². The van der Waals surface area contributed by atoms with Crippen LogP contribution in [-0.2, 0) is 0 Å². The van der Waals surface area contributed by atoms with Gasteiger partial charge in [0.2, 0.25) is 0 Å². The van der Waals surface area contributed by atoms with Gasteiger partial charge in [0.1, 0.15) is 0 Å². The summed E-state index contributed by atoms with van der Waals surface area (Å²) in [5, 5.41) is -0.0544. The standard InChI is InChI=1S/C15H16BrClS/c1-9(2)11-4-6-12(7-5-11)15(17)14-8-13(16)10(3)18-14/h4-9,15H,1-3H3. The van der Waals surface area contributed by atoms with E-state index in [4.69, 9.17) is 11.6 Å². The lowest BCUT2D eigenvalue weighted by atomic mass is 10.0. The van der Waals surface area contributed by atoms with Crippen molar-refractivity contribution in [3.8, 4) is 0 Å². The molecule has 0 aliphatic heterocycles. The monoisotopic (exact) mass is 342 g/mol. The van der Waals surface area contributed by atoms with Crippen LogP contribution in [0.2, 0.25) is 0 Å². The SMILES string of the molecule is Cc1sc(C(Cl)c2ccc(C(C)C)cc2)cc1Br. The zero-order valence-electron chi connectivity index (χ0n) is 10.7. The molecule has 96 valence electrons. The molecule has 0 N–H and O–H groups in total. The zero-order chi connectivity index (χ0) is 13.3. The van der Waals surface area contributed by atoms with E-state index in [0.29, 0.717) is 5.92 Å². The molecule has 0 nitrogen and oxygen atoms in total. The molecule has 1 heterocycles. The Labute approximate surface area is 126 Å². The van der Waals surface area contributed by atoms with Crippen LogP contribution in [0.4, 0.5) is 0 Å². The average Bonchev–Trinajstić information content (AvgIpc) is 2.69. The smallest absolute Gasteiger partial charge is 0.0928 e. The van der Waals surface area contributed by atoms with E-state index in [0.717, 1.165) is 10.0 Å². The number of aryl methyl sites for hydroxylation is 1. The third-order valence-corrected chi connectivity index (χ3v) is 5.84. The first-order chi connectivity index (χ1) is 8.49. The van der Waals surface area contributed by atoms with Crippen molar-refractivity contribution in [1.82, 2.24) is 0 Å². The normalized spacial score (nSPS) is 13.0. The number of hydrogen-bond acceptors (Lipinski definition) is 1. The Bertz CT molecular complexity index is 508. The fraction of sp³-hybridized carbons (Fsp3) is 0.333. The van der Waals surface area contributed by atoms with Gasteiger partial charge in [-0.25, -0.2) is 0 Å². The van der Waals surface area contributed by atoms with E-state index in [9.17, 15) is 0 Å². The molecule has 1 aromatic carbocycles. The van der Waals surface area contributed by atoms with Gasteiger partial charge in [-0.15, -0.1) is 22.9 Å². The molecule has 1 aromatic heterocycles. The van der Waals surface area contributed by atoms with Crippen molar-refractivity contribution in [3.63, 3.8) is 0 Å². The van der Waals surface area contributed by atoms with Crippen LogP contribution in [0.25, 0.3) is 0 Å². The van der Waals surface area contributed by atoms with Gasteiger partial charge in [-0.3, -0.25) is 0 Å². The maximum Gasteiger partial charge on any atom is 0.0928 e. The predicted molar refractivity (Wildman–Crippen MR) is 85.0 cm³/mol. The van der Waals surface area contributed by atoms with Gasteiger partial charge < -0.3 is 0 Å². The number of rotatable bonds is 3. The minimum absolute atomic E-state index is 0.0544. The molecular weight excluding hydrogens is 328 g/mol. The zero-order valence-corrected chi connectivity index (χ0v) is 13.9. The summed E-state index contributed by atoms with van der Waals surface area (Å²) >= 11 is 11.8. The molecule has 0 radical (unpaired) electrons. The van der Waals surface area contributed by atoms with Gasteiger partial charge in [-0.2, -0.15) is 0 Å². The van der Waals surface area contributed by atoms with Crippen LogP contribution in [0.1, 0.15) is 46.0 Å². The van der Waals surface area contributed by atoms with Crippen molar-refractivity contribution in [2.45, 2.75) is 32.1 Å². The summed E-state index contributed by atoms with van der Waals surface area (Å²) in [6.07, 6.45) is 0. The van der Waals surface area contributed by atoms with Crippen molar-refractivity contribution in [2.75, 3.05) is 0 Å². The highest BCUT2D eigenvalue weighted by Crippen LogP contribution is 2.37. The molecule has 0 aliphatic rings. The highest BCUT2D eigenvalue weighted by Gasteiger charge is 2.14. The van der Waals surface area contributed by atoms with Crippen LogP contribution >= 0.6 is 38.9 Å². The summed E-state index contributed by atoms with van der Waals surface area (Å²) in [4.78, 5) is 2.47. The van der Waals surface area contributed by atoms with E-state index >= 15 is 0 Å². The predicted octanol–water partition coefficient (Wildman–Crippen LogP) is 6.27. The van der Waals surface area contributed by atoms with Crippen molar-refractivity contribution >= 4 is 38.9 Å². The molecule has 0 spiro atoms. The molecule has 0 aliphatic carbocycles. The lowest BCUT2D eigenvalue weighted by molar-refractivity contribution is 0.865. The van der Waals surface area contributed by atoms with Gasteiger partial charge in [0.05, 0.1) is 5.38 Å². The van der Waals surface area contributed by atoms with Crippen LogP contribution < -0.4 is 0 Å². The molecule has 0 bridgehead atoms. The molecule has 18 heavy (non-hydrogen) atoms. The third kappa shape index (κ3) is 2.98. The maximum absolute atomic E-state index is 6.54.